The molecule has 0 aromatic carbocycles. The Balaban J connectivity index is 2.51. The second kappa shape index (κ2) is 5.29. The molecule has 0 aliphatic rings. The number of nitrogens with one attached hydrogen (secondary N) is 1. The van der Waals surface area contributed by atoms with E-state index in [0.29, 0.717) is 0 Å². The summed E-state index contributed by atoms with van der Waals surface area (Å²) in [5, 5.41) is 0. The first-order chi connectivity index (χ1) is 9.04. The van der Waals surface area contributed by atoms with E-state index in [2.05, 4.69) is 20.4 Å². The van der Waals surface area contributed by atoms with Crippen molar-refractivity contribution in [2.45, 2.75) is 12.2 Å². The SMILES string of the molecule is NNC(c1ncccn1)c1cnccc1C(F)(F)F. The second-order valence-corrected chi connectivity index (χ2v) is 3.67. The van der Waals surface area contributed by atoms with E-state index in [4.69, 9.17) is 5.84 Å². The minimum atomic E-state index is -4.50. The molecule has 2 rings (SSSR count). The summed E-state index contributed by atoms with van der Waals surface area (Å²) in [6.07, 6.45) is 0.532. The summed E-state index contributed by atoms with van der Waals surface area (Å²) in [7, 11) is 0. The van der Waals surface area contributed by atoms with Gasteiger partial charge in [-0.1, -0.05) is 0 Å². The smallest absolute Gasteiger partial charge is 0.270 e. The van der Waals surface area contributed by atoms with Gasteiger partial charge in [0.05, 0.1) is 5.56 Å². The van der Waals surface area contributed by atoms with Crippen LogP contribution in [0.4, 0.5) is 13.2 Å². The van der Waals surface area contributed by atoms with Gasteiger partial charge in [0.15, 0.2) is 5.82 Å². The third kappa shape index (κ3) is 2.85. The van der Waals surface area contributed by atoms with Gasteiger partial charge in [-0.3, -0.25) is 10.8 Å². The van der Waals surface area contributed by atoms with Gasteiger partial charge < -0.3 is 0 Å². The van der Waals surface area contributed by atoms with Gasteiger partial charge in [0.2, 0.25) is 0 Å². The molecule has 1 atom stereocenters. The van der Waals surface area contributed by atoms with Crippen LogP contribution in [0.15, 0.2) is 36.9 Å². The molecule has 2 aromatic rings. The summed E-state index contributed by atoms with van der Waals surface area (Å²) < 4.78 is 38.8. The Kier molecular flexibility index (Phi) is 3.72. The Labute approximate surface area is 106 Å². The van der Waals surface area contributed by atoms with Gasteiger partial charge in [-0.25, -0.2) is 15.4 Å². The first-order valence-corrected chi connectivity index (χ1v) is 5.28. The monoisotopic (exact) mass is 269 g/mol. The molecule has 0 spiro atoms. The molecule has 19 heavy (non-hydrogen) atoms. The first-order valence-electron chi connectivity index (χ1n) is 5.28. The summed E-state index contributed by atoms with van der Waals surface area (Å²) in [5.74, 6) is 5.47. The molecular formula is C11H10F3N5. The van der Waals surface area contributed by atoms with Crippen LogP contribution in [0.5, 0.6) is 0 Å². The van der Waals surface area contributed by atoms with E-state index in [0.717, 1.165) is 18.5 Å². The Morgan fingerprint density at radius 1 is 1.16 bits per heavy atom. The van der Waals surface area contributed by atoms with E-state index in [1.54, 1.807) is 6.07 Å². The minimum Gasteiger partial charge on any atom is -0.270 e. The van der Waals surface area contributed by atoms with Gasteiger partial charge in [0.1, 0.15) is 6.04 Å². The Morgan fingerprint density at radius 3 is 2.42 bits per heavy atom. The third-order valence-corrected chi connectivity index (χ3v) is 2.48. The number of hydrogen-bond acceptors (Lipinski definition) is 5. The molecule has 0 aliphatic heterocycles. The summed E-state index contributed by atoms with van der Waals surface area (Å²) in [5.41, 5.74) is 1.34. The van der Waals surface area contributed by atoms with Gasteiger partial charge in [-0.15, -0.1) is 0 Å². The highest BCUT2D eigenvalue weighted by molar-refractivity contribution is 5.32. The Hall–Kier alpha value is -2.06. The van der Waals surface area contributed by atoms with Crippen molar-refractivity contribution in [1.82, 2.24) is 20.4 Å². The van der Waals surface area contributed by atoms with Crippen LogP contribution in [0.3, 0.4) is 0 Å². The molecule has 3 N–H and O–H groups in total. The molecule has 100 valence electrons. The first kappa shape index (κ1) is 13.4. The largest absolute Gasteiger partial charge is 0.416 e. The van der Waals surface area contributed by atoms with Crippen molar-refractivity contribution in [2.75, 3.05) is 0 Å². The molecule has 5 nitrogen and oxygen atoms in total. The predicted octanol–water partition coefficient (Wildman–Crippen LogP) is 1.44. The lowest BCUT2D eigenvalue weighted by Crippen LogP contribution is -2.32. The van der Waals surface area contributed by atoms with Gasteiger partial charge >= 0.3 is 6.18 Å². The fourth-order valence-electron chi connectivity index (χ4n) is 1.66. The molecule has 0 saturated carbocycles. The highest BCUT2D eigenvalue weighted by atomic mass is 19.4. The fourth-order valence-corrected chi connectivity index (χ4v) is 1.66. The van der Waals surface area contributed by atoms with Gasteiger partial charge in [0, 0.05) is 30.4 Å². The van der Waals surface area contributed by atoms with Crippen molar-refractivity contribution in [1.29, 1.82) is 0 Å². The lowest BCUT2D eigenvalue weighted by atomic mass is 10.0. The molecule has 2 heterocycles. The van der Waals surface area contributed by atoms with Crippen molar-refractivity contribution >= 4 is 0 Å². The number of pyridine rings is 1. The van der Waals surface area contributed by atoms with E-state index in [1.165, 1.54) is 12.4 Å². The normalized spacial score (nSPS) is 13.3. The zero-order chi connectivity index (χ0) is 13.9. The van der Waals surface area contributed by atoms with Crippen LogP contribution in [0.1, 0.15) is 23.0 Å². The minimum absolute atomic E-state index is 0.122. The molecule has 0 fully saturated rings. The molecule has 8 heteroatoms. The lowest BCUT2D eigenvalue weighted by Gasteiger charge is -2.19. The number of halogens is 3. The summed E-state index contributed by atoms with van der Waals surface area (Å²) in [4.78, 5) is 11.5. The van der Waals surface area contributed by atoms with Gasteiger partial charge in [0.25, 0.3) is 0 Å². The van der Waals surface area contributed by atoms with E-state index < -0.39 is 17.8 Å². The molecule has 2 aromatic heterocycles. The number of alkyl halides is 3. The maximum atomic E-state index is 12.9. The Morgan fingerprint density at radius 2 is 1.84 bits per heavy atom. The molecule has 0 saturated heterocycles. The zero-order valence-electron chi connectivity index (χ0n) is 9.59. The van der Waals surface area contributed by atoms with E-state index in [-0.39, 0.29) is 11.4 Å². The number of nitrogens with zero attached hydrogens (tertiary/aromatic N) is 3. The van der Waals surface area contributed by atoms with Crippen LogP contribution in [0.25, 0.3) is 0 Å². The fraction of sp³-hybridized carbons (Fsp3) is 0.182. The average Bonchev–Trinajstić information content (AvgIpc) is 2.40. The lowest BCUT2D eigenvalue weighted by molar-refractivity contribution is -0.138. The van der Waals surface area contributed by atoms with Crippen LogP contribution < -0.4 is 11.3 Å². The molecule has 1 unspecified atom stereocenters. The van der Waals surface area contributed by atoms with E-state index in [9.17, 15) is 13.2 Å². The van der Waals surface area contributed by atoms with Crippen LogP contribution >= 0.6 is 0 Å². The van der Waals surface area contributed by atoms with Gasteiger partial charge in [-0.05, 0) is 12.1 Å². The topological polar surface area (TPSA) is 76.7 Å². The van der Waals surface area contributed by atoms with Crippen molar-refractivity contribution in [3.8, 4) is 0 Å². The summed E-state index contributed by atoms with van der Waals surface area (Å²) in [6, 6.07) is 1.47. The molecular weight excluding hydrogens is 259 g/mol. The maximum Gasteiger partial charge on any atom is 0.416 e. The number of rotatable bonds is 3. The van der Waals surface area contributed by atoms with Gasteiger partial charge in [-0.2, -0.15) is 13.2 Å². The predicted molar refractivity (Wildman–Crippen MR) is 60.4 cm³/mol. The van der Waals surface area contributed by atoms with Crippen LogP contribution in [-0.2, 0) is 6.18 Å². The average molecular weight is 269 g/mol. The van der Waals surface area contributed by atoms with Crippen molar-refractivity contribution < 1.29 is 13.2 Å². The highest BCUT2D eigenvalue weighted by Gasteiger charge is 2.36. The maximum absolute atomic E-state index is 12.9. The quantitative estimate of drug-likeness (QED) is 0.651. The zero-order valence-corrected chi connectivity index (χ0v) is 9.59. The number of hydrogen-bond donors (Lipinski definition) is 2. The highest BCUT2D eigenvalue weighted by Crippen LogP contribution is 2.34. The van der Waals surface area contributed by atoms with Crippen molar-refractivity contribution in [3.63, 3.8) is 0 Å². The second-order valence-electron chi connectivity index (χ2n) is 3.67. The third-order valence-electron chi connectivity index (χ3n) is 2.48. The van der Waals surface area contributed by atoms with Crippen LogP contribution in [-0.4, -0.2) is 15.0 Å². The summed E-state index contributed by atoms with van der Waals surface area (Å²) in [6.45, 7) is 0. The number of nitrogens with two attached hydrogens (primary N) is 1. The molecule has 0 amide bonds. The van der Waals surface area contributed by atoms with E-state index in [1.807, 2.05) is 0 Å². The summed E-state index contributed by atoms with van der Waals surface area (Å²) >= 11 is 0. The standard InChI is InChI=1S/C11H10F3N5/c12-11(13,14)8-2-5-16-6-7(8)9(19-15)10-17-3-1-4-18-10/h1-6,9,19H,15H2. The molecule has 0 bridgehead atoms. The van der Waals surface area contributed by atoms with Crippen LogP contribution in [0.2, 0.25) is 0 Å². The number of aromatic nitrogens is 3. The number of hydrazine groups is 1. The van der Waals surface area contributed by atoms with E-state index >= 15 is 0 Å². The van der Waals surface area contributed by atoms with Crippen molar-refractivity contribution in [2.24, 2.45) is 5.84 Å². The van der Waals surface area contributed by atoms with Crippen molar-refractivity contribution in [3.05, 3.63) is 53.9 Å². The van der Waals surface area contributed by atoms with Crippen LogP contribution in [0, 0.1) is 0 Å². The molecule has 0 aliphatic carbocycles. The Bertz CT molecular complexity index is 544. The molecule has 0 radical (unpaired) electrons.